The van der Waals surface area contributed by atoms with Crippen LogP contribution in [0.15, 0.2) is 35.1 Å². The van der Waals surface area contributed by atoms with Gasteiger partial charge in [0.15, 0.2) is 5.69 Å². The molecule has 2 aromatic rings. The minimum Gasteiger partial charge on any atom is -0.337 e. The Morgan fingerprint density at radius 2 is 1.96 bits per heavy atom. The molecular formula is C19H20F3N3O2. The lowest BCUT2D eigenvalue weighted by atomic mass is 10.1. The average molecular weight is 379 g/mol. The summed E-state index contributed by atoms with van der Waals surface area (Å²) in [5.41, 5.74) is -1.20. The van der Waals surface area contributed by atoms with E-state index in [-0.39, 0.29) is 17.4 Å². The number of aromatic nitrogens is 2. The summed E-state index contributed by atoms with van der Waals surface area (Å²) in [5.74, 6) is -0.116. The quantitative estimate of drug-likeness (QED) is 0.818. The van der Waals surface area contributed by atoms with E-state index in [1.54, 1.807) is 14.0 Å². The number of halogens is 3. The molecule has 0 N–H and O–H groups in total. The summed E-state index contributed by atoms with van der Waals surface area (Å²) in [6, 6.07) is 5.80. The fourth-order valence-electron chi connectivity index (χ4n) is 3.02. The molecule has 1 fully saturated rings. The van der Waals surface area contributed by atoms with Gasteiger partial charge in [-0.2, -0.15) is 18.3 Å². The van der Waals surface area contributed by atoms with Gasteiger partial charge in [0.25, 0.3) is 5.91 Å². The van der Waals surface area contributed by atoms with Gasteiger partial charge in [0.1, 0.15) is 0 Å². The van der Waals surface area contributed by atoms with Crippen LogP contribution in [-0.4, -0.2) is 33.7 Å². The van der Waals surface area contributed by atoms with Gasteiger partial charge in [-0.3, -0.25) is 9.59 Å². The minimum atomic E-state index is -4.50. The van der Waals surface area contributed by atoms with E-state index >= 15 is 0 Å². The van der Waals surface area contributed by atoms with Crippen LogP contribution in [0.1, 0.15) is 41.5 Å². The summed E-state index contributed by atoms with van der Waals surface area (Å²) in [6.45, 7) is 3.47. The monoisotopic (exact) mass is 379 g/mol. The molecule has 0 saturated heterocycles. The van der Waals surface area contributed by atoms with Crippen LogP contribution < -0.4 is 5.43 Å². The molecule has 1 atom stereocenters. The predicted molar refractivity (Wildman–Crippen MR) is 93.9 cm³/mol. The number of rotatable bonds is 4. The number of hydrogen-bond acceptors (Lipinski definition) is 3. The van der Waals surface area contributed by atoms with Crippen molar-refractivity contribution in [3.8, 4) is 5.69 Å². The van der Waals surface area contributed by atoms with Crippen molar-refractivity contribution >= 4 is 5.91 Å². The van der Waals surface area contributed by atoms with E-state index in [1.165, 1.54) is 27.8 Å². The molecule has 1 aliphatic carbocycles. The SMILES string of the molecule is Cc1cc(=O)c(C(=O)N(C)[C@@H](C)C2CC2)nn1-c1cccc(C(F)(F)F)c1. The van der Waals surface area contributed by atoms with E-state index in [4.69, 9.17) is 0 Å². The van der Waals surface area contributed by atoms with Gasteiger partial charge >= 0.3 is 6.18 Å². The molecule has 0 aliphatic heterocycles. The highest BCUT2D eigenvalue weighted by molar-refractivity contribution is 5.92. The number of amides is 1. The second-order valence-electron chi connectivity index (χ2n) is 6.95. The maximum Gasteiger partial charge on any atom is 0.416 e. The number of alkyl halides is 3. The van der Waals surface area contributed by atoms with Crippen LogP contribution in [0, 0.1) is 12.8 Å². The Labute approximate surface area is 154 Å². The van der Waals surface area contributed by atoms with E-state index in [2.05, 4.69) is 5.10 Å². The molecule has 1 heterocycles. The number of carbonyl (C=O) groups excluding carboxylic acids is 1. The molecule has 1 amide bonds. The largest absolute Gasteiger partial charge is 0.416 e. The fourth-order valence-corrected chi connectivity index (χ4v) is 3.02. The van der Waals surface area contributed by atoms with Crippen molar-refractivity contribution < 1.29 is 18.0 Å². The maximum absolute atomic E-state index is 13.0. The molecule has 0 unspecified atom stereocenters. The minimum absolute atomic E-state index is 0.0259. The standard InChI is InChI=1S/C19H20F3N3O2/c1-11-9-16(26)17(18(27)24(3)12(2)13-7-8-13)23-25(11)15-6-4-5-14(10-15)19(20,21)22/h4-6,9-10,12-13H,7-8H2,1-3H3/t12-/m0/s1. The molecule has 0 bridgehead atoms. The predicted octanol–water partition coefficient (Wildman–Crippen LogP) is 3.43. The maximum atomic E-state index is 13.0. The van der Waals surface area contributed by atoms with Gasteiger partial charge in [-0.1, -0.05) is 6.07 Å². The molecule has 8 heteroatoms. The number of carbonyl (C=O) groups is 1. The van der Waals surface area contributed by atoms with E-state index < -0.39 is 23.1 Å². The lowest BCUT2D eigenvalue weighted by molar-refractivity contribution is -0.137. The normalized spacial score (nSPS) is 15.5. The first-order chi connectivity index (χ1) is 12.6. The summed E-state index contributed by atoms with van der Waals surface area (Å²) in [7, 11) is 1.61. The van der Waals surface area contributed by atoms with Crippen molar-refractivity contribution in [3.05, 3.63) is 57.5 Å². The second-order valence-corrected chi connectivity index (χ2v) is 6.95. The zero-order valence-electron chi connectivity index (χ0n) is 15.2. The number of benzene rings is 1. The van der Waals surface area contributed by atoms with Gasteiger partial charge in [0.05, 0.1) is 11.3 Å². The summed E-state index contributed by atoms with van der Waals surface area (Å²) >= 11 is 0. The van der Waals surface area contributed by atoms with Crippen LogP contribution in [0.5, 0.6) is 0 Å². The van der Waals surface area contributed by atoms with Crippen LogP contribution in [0.25, 0.3) is 5.69 Å². The molecule has 0 radical (unpaired) electrons. The lowest BCUT2D eigenvalue weighted by Gasteiger charge is -2.24. The topological polar surface area (TPSA) is 55.2 Å². The highest BCUT2D eigenvalue weighted by atomic mass is 19.4. The molecule has 144 valence electrons. The van der Waals surface area contributed by atoms with Gasteiger partial charge in [-0.15, -0.1) is 0 Å². The number of aryl methyl sites for hydroxylation is 1. The van der Waals surface area contributed by atoms with Crippen molar-refractivity contribution in [1.82, 2.24) is 14.7 Å². The van der Waals surface area contributed by atoms with Crippen LogP contribution in [-0.2, 0) is 6.18 Å². The first kappa shape index (κ1) is 19.1. The van der Waals surface area contributed by atoms with Crippen LogP contribution in [0.4, 0.5) is 13.2 Å². The van der Waals surface area contributed by atoms with Crippen LogP contribution in [0.3, 0.4) is 0 Å². The summed E-state index contributed by atoms with van der Waals surface area (Å²) < 4.78 is 40.2. The smallest absolute Gasteiger partial charge is 0.337 e. The Balaban J connectivity index is 2.02. The zero-order valence-corrected chi connectivity index (χ0v) is 15.2. The number of nitrogens with zero attached hydrogens (tertiary/aromatic N) is 3. The average Bonchev–Trinajstić information content (AvgIpc) is 3.44. The first-order valence-electron chi connectivity index (χ1n) is 8.65. The molecule has 1 aliphatic rings. The molecule has 3 rings (SSSR count). The summed E-state index contributed by atoms with van der Waals surface area (Å²) in [6.07, 6.45) is -2.43. The van der Waals surface area contributed by atoms with Gasteiger partial charge in [-0.05, 0) is 50.8 Å². The fraction of sp³-hybridized carbons (Fsp3) is 0.421. The third-order valence-corrected chi connectivity index (χ3v) is 4.96. The molecule has 27 heavy (non-hydrogen) atoms. The van der Waals surface area contributed by atoms with Gasteiger partial charge in [0, 0.05) is 24.8 Å². The molecule has 0 spiro atoms. The molecular weight excluding hydrogens is 359 g/mol. The highest BCUT2D eigenvalue weighted by Gasteiger charge is 2.34. The Hall–Kier alpha value is -2.64. The van der Waals surface area contributed by atoms with Gasteiger partial charge < -0.3 is 4.90 Å². The Kier molecular flexibility index (Phi) is 4.84. The van der Waals surface area contributed by atoms with Crippen molar-refractivity contribution in [2.45, 2.75) is 38.9 Å². The highest BCUT2D eigenvalue weighted by Crippen LogP contribution is 2.35. The third-order valence-electron chi connectivity index (χ3n) is 4.96. The van der Waals surface area contributed by atoms with E-state index in [0.29, 0.717) is 11.6 Å². The lowest BCUT2D eigenvalue weighted by Crippen LogP contribution is -2.40. The zero-order chi connectivity index (χ0) is 19.9. The van der Waals surface area contributed by atoms with Crippen molar-refractivity contribution in [2.24, 2.45) is 5.92 Å². The Morgan fingerprint density at radius 1 is 1.30 bits per heavy atom. The van der Waals surface area contributed by atoms with Crippen LogP contribution in [0.2, 0.25) is 0 Å². The first-order valence-corrected chi connectivity index (χ1v) is 8.65. The van der Waals surface area contributed by atoms with Crippen molar-refractivity contribution in [2.75, 3.05) is 7.05 Å². The summed E-state index contributed by atoms with van der Waals surface area (Å²) in [4.78, 5) is 26.5. The molecule has 1 saturated carbocycles. The molecule has 1 aromatic carbocycles. The molecule has 1 aromatic heterocycles. The summed E-state index contributed by atoms with van der Waals surface area (Å²) in [5, 5.41) is 4.09. The second kappa shape index (κ2) is 6.83. The Morgan fingerprint density at radius 3 is 2.56 bits per heavy atom. The van der Waals surface area contributed by atoms with E-state index in [9.17, 15) is 22.8 Å². The van der Waals surface area contributed by atoms with Crippen molar-refractivity contribution in [3.63, 3.8) is 0 Å². The molecule has 5 nitrogen and oxygen atoms in total. The Bertz CT molecular complexity index is 933. The van der Waals surface area contributed by atoms with Crippen molar-refractivity contribution in [1.29, 1.82) is 0 Å². The van der Waals surface area contributed by atoms with Gasteiger partial charge in [-0.25, -0.2) is 4.68 Å². The number of hydrogen-bond donors (Lipinski definition) is 0. The van der Waals surface area contributed by atoms with E-state index in [1.807, 2.05) is 6.92 Å². The van der Waals surface area contributed by atoms with Crippen LogP contribution >= 0.6 is 0 Å². The van der Waals surface area contributed by atoms with Gasteiger partial charge in [0.2, 0.25) is 5.43 Å². The van der Waals surface area contributed by atoms with E-state index in [0.717, 1.165) is 25.0 Å². The third kappa shape index (κ3) is 3.89.